The number of ether oxygens (including phenoxy) is 2. The van der Waals surface area contributed by atoms with Gasteiger partial charge in [-0.15, -0.1) is 0 Å². The van der Waals surface area contributed by atoms with Gasteiger partial charge in [0, 0.05) is 5.54 Å². The molecule has 3 rings (SSSR count). The minimum Gasteiger partial charge on any atom is -0.486 e. The fourth-order valence-electron chi connectivity index (χ4n) is 3.59. The monoisotopic (exact) mass is 353 g/mol. The maximum Gasteiger partial charge on any atom is 0.175 e. The van der Waals surface area contributed by atoms with E-state index >= 15 is 0 Å². The number of nitrogens with two attached hydrogens (primary N) is 1. The van der Waals surface area contributed by atoms with E-state index in [1.807, 2.05) is 0 Å². The highest BCUT2D eigenvalue weighted by atomic mass is 79.9. The smallest absolute Gasteiger partial charge is 0.175 e. The van der Waals surface area contributed by atoms with E-state index in [2.05, 4.69) is 35.8 Å². The molecule has 1 aliphatic heterocycles. The number of fused-ring (bicyclic) bond motifs is 1. The van der Waals surface area contributed by atoms with Crippen molar-refractivity contribution in [2.45, 2.75) is 57.4 Å². The van der Waals surface area contributed by atoms with Crippen LogP contribution in [0.5, 0.6) is 11.5 Å². The van der Waals surface area contributed by atoms with Crippen LogP contribution >= 0.6 is 15.9 Å². The van der Waals surface area contributed by atoms with Gasteiger partial charge in [0.15, 0.2) is 11.5 Å². The fourth-order valence-corrected chi connectivity index (χ4v) is 4.57. The molecule has 116 valence electrons. The van der Waals surface area contributed by atoms with Gasteiger partial charge >= 0.3 is 0 Å². The lowest BCUT2D eigenvalue weighted by atomic mass is 9.74. The van der Waals surface area contributed by atoms with Crippen molar-refractivity contribution in [2.75, 3.05) is 13.2 Å². The van der Waals surface area contributed by atoms with Gasteiger partial charge in [-0.05, 0) is 51.9 Å². The lowest BCUT2D eigenvalue weighted by Gasteiger charge is -2.37. The number of rotatable bonds is 2. The van der Waals surface area contributed by atoms with Crippen LogP contribution in [-0.2, 0) is 5.54 Å². The van der Waals surface area contributed by atoms with Crippen molar-refractivity contribution in [1.82, 2.24) is 0 Å². The highest BCUT2D eigenvalue weighted by molar-refractivity contribution is 9.10. The summed E-state index contributed by atoms with van der Waals surface area (Å²) < 4.78 is 12.6. The summed E-state index contributed by atoms with van der Waals surface area (Å²) in [5.41, 5.74) is 9.10. The van der Waals surface area contributed by atoms with Gasteiger partial charge in [-0.3, -0.25) is 0 Å². The van der Waals surface area contributed by atoms with Crippen LogP contribution < -0.4 is 15.2 Å². The summed E-state index contributed by atoms with van der Waals surface area (Å²) in [4.78, 5) is 0. The maximum absolute atomic E-state index is 6.80. The molecular formula is C17H24BrNO2. The number of hydrogen-bond donors (Lipinski definition) is 1. The number of halogens is 1. The molecule has 0 radical (unpaired) electrons. The quantitative estimate of drug-likeness (QED) is 0.853. The molecular weight excluding hydrogens is 330 g/mol. The Morgan fingerprint density at radius 2 is 1.81 bits per heavy atom. The van der Waals surface area contributed by atoms with E-state index in [-0.39, 0.29) is 5.54 Å². The highest BCUT2D eigenvalue weighted by Gasteiger charge is 2.35. The molecule has 0 atom stereocenters. The van der Waals surface area contributed by atoms with Gasteiger partial charge < -0.3 is 15.2 Å². The van der Waals surface area contributed by atoms with Crippen molar-refractivity contribution in [2.24, 2.45) is 5.73 Å². The van der Waals surface area contributed by atoms with E-state index in [4.69, 9.17) is 15.2 Å². The Morgan fingerprint density at radius 1 is 1.14 bits per heavy atom. The molecule has 1 saturated carbocycles. The summed E-state index contributed by atoms with van der Waals surface area (Å²) in [5, 5.41) is 0. The molecule has 0 amide bonds. The average molecular weight is 354 g/mol. The molecule has 21 heavy (non-hydrogen) atoms. The van der Waals surface area contributed by atoms with E-state index in [0.717, 1.165) is 28.8 Å². The Morgan fingerprint density at radius 3 is 2.48 bits per heavy atom. The van der Waals surface area contributed by atoms with Crippen LogP contribution in [0.25, 0.3) is 0 Å². The first kappa shape index (κ1) is 15.2. The molecule has 0 bridgehead atoms. The minimum absolute atomic E-state index is 0.226. The fraction of sp³-hybridized carbons (Fsp3) is 0.647. The Labute approximate surface area is 135 Å². The van der Waals surface area contributed by atoms with Crippen LogP contribution in [0.2, 0.25) is 0 Å². The second-order valence-electron chi connectivity index (χ2n) is 6.55. The summed E-state index contributed by atoms with van der Waals surface area (Å²) in [6.07, 6.45) is 5.82. The molecule has 3 nitrogen and oxygen atoms in total. The third kappa shape index (κ3) is 2.68. The van der Waals surface area contributed by atoms with Crippen LogP contribution in [0.1, 0.15) is 63.0 Å². The minimum atomic E-state index is -0.226. The zero-order valence-electron chi connectivity index (χ0n) is 12.9. The summed E-state index contributed by atoms with van der Waals surface area (Å²) in [7, 11) is 0. The summed E-state index contributed by atoms with van der Waals surface area (Å²) in [5.74, 6) is 2.07. The zero-order chi connectivity index (χ0) is 15.0. The standard InChI is InChI=1S/C17H24BrNO2/c1-11(2)14-12(17(19)6-4-3-5-7-17)10-13-16(15(14)18)21-9-8-20-13/h10-11H,3-9,19H2,1-2H3. The molecule has 1 aromatic rings. The molecule has 1 aromatic carbocycles. The largest absolute Gasteiger partial charge is 0.486 e. The van der Waals surface area contributed by atoms with E-state index < -0.39 is 0 Å². The average Bonchev–Trinajstić information content (AvgIpc) is 2.47. The van der Waals surface area contributed by atoms with Crippen molar-refractivity contribution in [3.05, 3.63) is 21.7 Å². The molecule has 4 heteroatoms. The second kappa shape index (κ2) is 5.81. The van der Waals surface area contributed by atoms with Gasteiger partial charge in [0.05, 0.1) is 4.47 Å². The molecule has 0 spiro atoms. The summed E-state index contributed by atoms with van der Waals surface area (Å²) >= 11 is 3.75. The molecule has 0 saturated heterocycles. The van der Waals surface area contributed by atoms with Crippen LogP contribution in [0.15, 0.2) is 10.5 Å². The Hall–Kier alpha value is -0.740. The van der Waals surface area contributed by atoms with Gasteiger partial charge in [0.25, 0.3) is 0 Å². The Kier molecular flexibility index (Phi) is 4.19. The first-order chi connectivity index (χ1) is 10.0. The van der Waals surface area contributed by atoms with Crippen molar-refractivity contribution in [3.63, 3.8) is 0 Å². The molecule has 2 aliphatic rings. The topological polar surface area (TPSA) is 44.5 Å². The predicted octanol–water partition coefficient (Wildman–Crippen LogP) is 4.46. The van der Waals surface area contributed by atoms with Crippen LogP contribution in [-0.4, -0.2) is 13.2 Å². The van der Waals surface area contributed by atoms with E-state index in [1.165, 1.54) is 30.4 Å². The molecule has 1 aliphatic carbocycles. The SMILES string of the molecule is CC(C)c1c(C2(N)CCCCC2)cc2c(c1Br)OCCO2. The third-order valence-corrected chi connectivity index (χ3v) is 5.46. The Balaban J connectivity index is 2.16. The second-order valence-corrected chi connectivity index (χ2v) is 7.34. The van der Waals surface area contributed by atoms with Gasteiger partial charge in [-0.2, -0.15) is 0 Å². The zero-order valence-corrected chi connectivity index (χ0v) is 14.5. The predicted molar refractivity (Wildman–Crippen MR) is 88.2 cm³/mol. The van der Waals surface area contributed by atoms with Crippen LogP contribution in [0, 0.1) is 0 Å². The highest BCUT2D eigenvalue weighted by Crippen LogP contribution is 2.48. The molecule has 1 fully saturated rings. The van der Waals surface area contributed by atoms with Crippen LogP contribution in [0.3, 0.4) is 0 Å². The van der Waals surface area contributed by atoms with Gasteiger partial charge in [-0.25, -0.2) is 0 Å². The van der Waals surface area contributed by atoms with E-state index in [1.54, 1.807) is 0 Å². The third-order valence-electron chi connectivity index (χ3n) is 4.67. The first-order valence-corrected chi connectivity index (χ1v) is 8.73. The number of hydrogen-bond acceptors (Lipinski definition) is 3. The van der Waals surface area contributed by atoms with E-state index in [9.17, 15) is 0 Å². The molecule has 0 aromatic heterocycles. The lowest BCUT2D eigenvalue weighted by molar-refractivity contribution is 0.169. The van der Waals surface area contributed by atoms with Gasteiger partial charge in [-0.1, -0.05) is 33.1 Å². The van der Waals surface area contributed by atoms with Crippen molar-refractivity contribution >= 4 is 15.9 Å². The molecule has 2 N–H and O–H groups in total. The van der Waals surface area contributed by atoms with Crippen LogP contribution in [0.4, 0.5) is 0 Å². The summed E-state index contributed by atoms with van der Waals surface area (Å²) in [6, 6.07) is 2.14. The molecule has 0 unspecified atom stereocenters. The number of benzene rings is 1. The lowest BCUT2D eigenvalue weighted by Crippen LogP contribution is -2.40. The van der Waals surface area contributed by atoms with Crippen molar-refractivity contribution < 1.29 is 9.47 Å². The molecule has 1 heterocycles. The van der Waals surface area contributed by atoms with Gasteiger partial charge in [0.1, 0.15) is 13.2 Å². The summed E-state index contributed by atoms with van der Waals surface area (Å²) in [6.45, 7) is 5.64. The first-order valence-electron chi connectivity index (χ1n) is 7.94. The van der Waals surface area contributed by atoms with E-state index in [0.29, 0.717) is 19.1 Å². The normalized spacial score (nSPS) is 20.6. The van der Waals surface area contributed by atoms with Crippen molar-refractivity contribution in [3.8, 4) is 11.5 Å². The van der Waals surface area contributed by atoms with Crippen molar-refractivity contribution in [1.29, 1.82) is 0 Å². The Bertz CT molecular complexity index is 536. The maximum atomic E-state index is 6.80. The van der Waals surface area contributed by atoms with Gasteiger partial charge in [0.2, 0.25) is 0 Å².